The first kappa shape index (κ1) is 58.0. The number of aliphatic carboxylic acids is 2. The van der Waals surface area contributed by atoms with Gasteiger partial charge < -0.3 is 79.3 Å². The maximum atomic E-state index is 14.0. The topological polar surface area (TPSA) is 442 Å². The van der Waals surface area contributed by atoms with Gasteiger partial charge in [0, 0.05) is 32.4 Å². The lowest BCUT2D eigenvalue weighted by Crippen LogP contribution is -2.62. The van der Waals surface area contributed by atoms with Gasteiger partial charge in [-0.2, -0.15) is 11.8 Å². The van der Waals surface area contributed by atoms with E-state index in [0.29, 0.717) is 12.2 Å². The Morgan fingerprint density at radius 3 is 1.91 bits per heavy atom. The van der Waals surface area contributed by atoms with Crippen molar-refractivity contribution in [1.29, 1.82) is 0 Å². The number of rotatable bonds is 28. The molecular formula is C40H65N11O16S. The van der Waals surface area contributed by atoms with Gasteiger partial charge in [-0.15, -0.1) is 0 Å². The minimum absolute atomic E-state index is 0.00183. The van der Waals surface area contributed by atoms with Crippen molar-refractivity contribution < 1.29 is 78.0 Å². The number of aliphatic hydroxyl groups is 2. The van der Waals surface area contributed by atoms with Crippen LogP contribution in [0.1, 0.15) is 78.6 Å². The second-order valence-corrected chi connectivity index (χ2v) is 17.8. The normalized spacial score (nSPS) is 19.8. The summed E-state index contributed by atoms with van der Waals surface area (Å²) in [6.07, 6.45) is -3.00. The molecule has 0 spiro atoms. The molecule has 382 valence electrons. The van der Waals surface area contributed by atoms with Crippen molar-refractivity contribution >= 4 is 82.8 Å². The number of carbonyl (C=O) groups is 12. The Morgan fingerprint density at radius 2 is 1.35 bits per heavy atom. The van der Waals surface area contributed by atoms with Crippen molar-refractivity contribution in [3.05, 3.63) is 0 Å². The van der Waals surface area contributed by atoms with Crippen LogP contribution in [0.2, 0.25) is 0 Å². The molecule has 27 nitrogen and oxygen atoms in total. The predicted molar refractivity (Wildman–Crippen MR) is 238 cm³/mol. The Balaban J connectivity index is 2.22. The average molecular weight is 988 g/mol. The molecule has 2 rings (SSSR count). The van der Waals surface area contributed by atoms with Gasteiger partial charge in [-0.1, -0.05) is 13.8 Å². The quantitative estimate of drug-likeness (QED) is 0.0347. The molecule has 2 saturated heterocycles. The van der Waals surface area contributed by atoms with Crippen molar-refractivity contribution in [3.8, 4) is 0 Å². The molecule has 2 heterocycles. The van der Waals surface area contributed by atoms with Crippen molar-refractivity contribution in [1.82, 2.24) is 41.7 Å². The van der Waals surface area contributed by atoms with E-state index in [1.807, 2.05) is 0 Å². The van der Waals surface area contributed by atoms with Crippen LogP contribution in [0.3, 0.4) is 0 Å². The number of carboxylic acid groups (broad SMARTS) is 2. The molecule has 0 aromatic carbocycles. The molecule has 68 heavy (non-hydrogen) atoms. The number of thioether (sulfide) groups is 1. The standard InChI is InChI=1S/C40H65N11O16S/c1-18(2)31(37(63)47-24(15-28(43)55)38(64)51-17-20(53)14-26(51)35(61)44-16-29(56)45-23(40(66)67)8-10-30(57)58)48-36(62)25-6-5-12-50(25)39(65)32(19(3)52)49-34(60)22(11-13-68-4)46-33(59)21(41)7-9-27(42)54/h18-26,31-32,52-53H,5-17,41H2,1-4H3,(H2,42,54)(H2,43,55)(H,44,61)(H,45,56)(H,46,59)(H,47,63)(H,48,62)(H,49,60)(H,57,58)(H,66,67)/t19-,20-,21+,22+,23+,24+,25+,26+,31+,32+/m1/s1. The molecule has 10 atom stereocenters. The molecule has 2 aliphatic heterocycles. The highest BCUT2D eigenvalue weighted by Gasteiger charge is 2.44. The van der Waals surface area contributed by atoms with Gasteiger partial charge in [-0.3, -0.25) is 52.7 Å². The number of likely N-dealkylation sites (tertiary alicyclic amines) is 2. The number of β-amino-alcohol motifs (C(OH)–C–C–N with tert-alkyl or cyclic N) is 1. The first-order chi connectivity index (χ1) is 31.8. The van der Waals surface area contributed by atoms with Gasteiger partial charge >= 0.3 is 11.9 Å². The molecule has 0 aromatic rings. The Kier molecular flexibility index (Phi) is 23.6. The predicted octanol–water partition coefficient (Wildman–Crippen LogP) is -6.31. The molecule has 0 radical (unpaired) electrons. The Hall–Kier alpha value is -6.13. The number of hydrogen-bond acceptors (Lipinski definition) is 16. The van der Waals surface area contributed by atoms with Crippen molar-refractivity contribution in [2.24, 2.45) is 23.1 Å². The fourth-order valence-corrected chi connectivity index (χ4v) is 7.82. The fourth-order valence-electron chi connectivity index (χ4n) is 7.35. The monoisotopic (exact) mass is 987 g/mol. The molecule has 0 aliphatic carbocycles. The van der Waals surface area contributed by atoms with Crippen LogP contribution < -0.4 is 49.1 Å². The van der Waals surface area contributed by atoms with Gasteiger partial charge in [-0.25, -0.2) is 4.79 Å². The summed E-state index contributed by atoms with van der Waals surface area (Å²) in [5.74, 6) is -12.2. The van der Waals surface area contributed by atoms with E-state index in [4.69, 9.17) is 22.3 Å². The fraction of sp³-hybridized carbons (Fsp3) is 0.700. The molecule has 0 unspecified atom stereocenters. The smallest absolute Gasteiger partial charge is 0.326 e. The van der Waals surface area contributed by atoms with Crippen LogP contribution in [0.15, 0.2) is 0 Å². The number of hydrogen-bond donors (Lipinski definition) is 13. The number of primary amides is 2. The zero-order chi connectivity index (χ0) is 51.6. The largest absolute Gasteiger partial charge is 0.481 e. The number of nitrogens with two attached hydrogens (primary N) is 3. The maximum Gasteiger partial charge on any atom is 0.326 e. The maximum absolute atomic E-state index is 14.0. The number of carbonyl (C=O) groups excluding carboxylic acids is 10. The first-order valence-electron chi connectivity index (χ1n) is 21.8. The number of amides is 10. The minimum Gasteiger partial charge on any atom is -0.481 e. The lowest BCUT2D eigenvalue weighted by atomic mass is 10.0. The van der Waals surface area contributed by atoms with Crippen molar-refractivity contribution in [2.45, 2.75) is 139 Å². The zero-order valence-electron chi connectivity index (χ0n) is 38.3. The first-order valence-corrected chi connectivity index (χ1v) is 23.2. The molecule has 0 bridgehead atoms. The average Bonchev–Trinajstić information content (AvgIpc) is 3.91. The van der Waals surface area contributed by atoms with Crippen LogP contribution in [0.4, 0.5) is 0 Å². The number of aliphatic hydroxyl groups excluding tert-OH is 2. The molecule has 28 heteroatoms. The third-order valence-electron chi connectivity index (χ3n) is 11.0. The van der Waals surface area contributed by atoms with Crippen LogP contribution in [-0.2, 0) is 57.5 Å². The highest BCUT2D eigenvalue weighted by Crippen LogP contribution is 2.22. The summed E-state index contributed by atoms with van der Waals surface area (Å²) in [6, 6.07) is -11.4. The van der Waals surface area contributed by atoms with Gasteiger partial charge in [0.15, 0.2) is 0 Å². The van der Waals surface area contributed by atoms with Crippen LogP contribution in [0.25, 0.3) is 0 Å². The van der Waals surface area contributed by atoms with Gasteiger partial charge in [0.25, 0.3) is 0 Å². The summed E-state index contributed by atoms with van der Waals surface area (Å²) in [4.78, 5) is 155. The molecule has 10 amide bonds. The lowest BCUT2D eigenvalue weighted by molar-refractivity contribution is -0.145. The lowest BCUT2D eigenvalue weighted by Gasteiger charge is -2.32. The highest BCUT2D eigenvalue weighted by molar-refractivity contribution is 7.98. The highest BCUT2D eigenvalue weighted by atomic mass is 32.2. The zero-order valence-corrected chi connectivity index (χ0v) is 39.1. The van der Waals surface area contributed by atoms with E-state index in [9.17, 15) is 72.9 Å². The summed E-state index contributed by atoms with van der Waals surface area (Å²) >= 11 is 1.36. The number of nitrogens with one attached hydrogen (secondary N) is 6. The number of nitrogens with zero attached hydrogens (tertiary/aromatic N) is 2. The Bertz CT molecular complexity index is 1890. The van der Waals surface area contributed by atoms with E-state index < -0.39 is 170 Å². The molecule has 0 saturated carbocycles. The van der Waals surface area contributed by atoms with Gasteiger partial charge in [0.05, 0.1) is 31.2 Å². The summed E-state index contributed by atoms with van der Waals surface area (Å²) in [5.41, 5.74) is 16.4. The third kappa shape index (κ3) is 18.2. The molecule has 2 aliphatic rings. The Morgan fingerprint density at radius 1 is 0.706 bits per heavy atom. The van der Waals surface area contributed by atoms with Gasteiger partial charge in [0.2, 0.25) is 59.1 Å². The Labute approximate surface area is 395 Å². The van der Waals surface area contributed by atoms with Crippen LogP contribution >= 0.6 is 11.8 Å². The summed E-state index contributed by atoms with van der Waals surface area (Å²) in [6.45, 7) is 3.04. The SMILES string of the molecule is CSCC[C@H](NC(=O)[C@@H](N)CCC(N)=O)C(=O)N[C@H](C(=O)N1CCC[C@H]1C(=O)N[C@H](C(=O)N[C@@H](CC(N)=O)C(=O)N1C[C@H](O)C[C@H]1C(=O)NCC(=O)N[C@@H](CCC(=O)O)C(=O)O)C(C)C)[C@@H](C)O. The number of carboxylic acids is 2. The van der Waals surface area contributed by atoms with Gasteiger partial charge in [0.1, 0.15) is 42.3 Å². The molecule has 0 aromatic heterocycles. The van der Waals surface area contributed by atoms with Crippen molar-refractivity contribution in [3.63, 3.8) is 0 Å². The van der Waals surface area contributed by atoms with E-state index in [1.165, 1.54) is 18.7 Å². The molecular weight excluding hydrogens is 923 g/mol. The summed E-state index contributed by atoms with van der Waals surface area (Å²) < 4.78 is 0. The molecule has 16 N–H and O–H groups in total. The van der Waals surface area contributed by atoms with E-state index in [2.05, 4.69) is 31.9 Å². The van der Waals surface area contributed by atoms with E-state index >= 15 is 0 Å². The van der Waals surface area contributed by atoms with E-state index in [1.54, 1.807) is 20.1 Å². The van der Waals surface area contributed by atoms with E-state index in [0.717, 1.165) is 9.80 Å². The van der Waals surface area contributed by atoms with Gasteiger partial charge in [-0.05, 0) is 57.0 Å². The van der Waals surface area contributed by atoms with Crippen LogP contribution in [-0.4, -0.2) is 193 Å². The summed E-state index contributed by atoms with van der Waals surface area (Å²) in [7, 11) is 0. The van der Waals surface area contributed by atoms with Crippen molar-refractivity contribution in [2.75, 3.05) is 31.6 Å². The minimum atomic E-state index is -1.75. The second kappa shape index (κ2) is 27.6. The van der Waals surface area contributed by atoms with E-state index in [-0.39, 0.29) is 38.6 Å². The van der Waals surface area contributed by atoms with Crippen LogP contribution in [0.5, 0.6) is 0 Å². The molecule has 2 fully saturated rings. The third-order valence-corrected chi connectivity index (χ3v) is 11.6. The van der Waals surface area contributed by atoms with Crippen LogP contribution in [0, 0.1) is 5.92 Å². The summed E-state index contributed by atoms with van der Waals surface area (Å²) in [5, 5.41) is 53.5. The second-order valence-electron chi connectivity index (χ2n) is 16.8.